The molecule has 1 heterocycles. The van der Waals surface area contributed by atoms with Gasteiger partial charge in [0.05, 0.1) is 15.9 Å². The first kappa shape index (κ1) is 25.1. The fourth-order valence-electron chi connectivity index (χ4n) is 3.40. The average molecular weight is 499 g/mol. The molecule has 0 bridgehead atoms. The minimum absolute atomic E-state index is 0.0420. The summed E-state index contributed by atoms with van der Waals surface area (Å²) in [4.78, 5) is 12.6. The van der Waals surface area contributed by atoms with Gasteiger partial charge in [-0.1, -0.05) is 6.07 Å². The maximum Gasteiger partial charge on any atom is 0.324 e. The molecule has 0 aromatic heterocycles. The molecule has 0 amide bonds. The molecule has 1 fully saturated rings. The van der Waals surface area contributed by atoms with Gasteiger partial charge in [0.1, 0.15) is 25.0 Å². The van der Waals surface area contributed by atoms with Gasteiger partial charge in [0.15, 0.2) is 0 Å². The number of rotatable bonds is 8. The number of β-amino-alcohol motifs (C(OH)–C–C–N with tert-alkyl or cyclic N) is 1. The molecule has 33 heavy (non-hydrogen) atoms. The van der Waals surface area contributed by atoms with Crippen LogP contribution in [0.3, 0.4) is 0 Å². The third kappa shape index (κ3) is 5.89. The Morgan fingerprint density at radius 2 is 1.67 bits per heavy atom. The number of nitrogens with two attached hydrogens (primary N) is 1. The highest BCUT2D eigenvalue weighted by Crippen LogP contribution is 2.28. The molecule has 2 aromatic rings. The SMILES string of the molecule is Cc1ccc(S(=O)(=O)N2CC(O)C[C@H]2C(=O)OCCOc2ccc(S(N)(=O)=O)cc2)cc1C. The Labute approximate surface area is 193 Å². The molecule has 1 unspecified atom stereocenters. The van der Waals surface area contributed by atoms with Crippen molar-refractivity contribution in [2.45, 2.75) is 42.2 Å². The molecule has 1 aliphatic heterocycles. The molecular weight excluding hydrogens is 472 g/mol. The van der Waals surface area contributed by atoms with E-state index in [2.05, 4.69) is 0 Å². The zero-order valence-electron chi connectivity index (χ0n) is 18.2. The summed E-state index contributed by atoms with van der Waals surface area (Å²) < 4.78 is 60.3. The number of hydrogen-bond donors (Lipinski definition) is 2. The van der Waals surface area contributed by atoms with Crippen molar-refractivity contribution in [3.63, 3.8) is 0 Å². The van der Waals surface area contributed by atoms with Gasteiger partial charge in [0.2, 0.25) is 20.0 Å². The van der Waals surface area contributed by atoms with Gasteiger partial charge in [-0.2, -0.15) is 4.31 Å². The fraction of sp³-hybridized carbons (Fsp3) is 0.381. The third-order valence-electron chi connectivity index (χ3n) is 5.34. The summed E-state index contributed by atoms with van der Waals surface area (Å²) in [6.07, 6.45) is -1.06. The zero-order valence-corrected chi connectivity index (χ0v) is 19.8. The Bertz CT molecular complexity index is 1230. The fourth-order valence-corrected chi connectivity index (χ4v) is 5.62. The van der Waals surface area contributed by atoms with Crippen LogP contribution in [0.25, 0.3) is 0 Å². The number of hydrogen-bond acceptors (Lipinski definition) is 8. The van der Waals surface area contributed by atoms with Crippen LogP contribution >= 0.6 is 0 Å². The number of aryl methyl sites for hydroxylation is 2. The van der Waals surface area contributed by atoms with Crippen LogP contribution in [0.2, 0.25) is 0 Å². The quantitative estimate of drug-likeness (QED) is 0.398. The third-order valence-corrected chi connectivity index (χ3v) is 8.14. The number of esters is 1. The Kier molecular flexibility index (Phi) is 7.44. The molecular formula is C21H26N2O8S2. The van der Waals surface area contributed by atoms with E-state index in [0.29, 0.717) is 5.75 Å². The molecule has 10 nitrogen and oxygen atoms in total. The number of aliphatic hydroxyl groups excluding tert-OH is 1. The Balaban J connectivity index is 1.60. The predicted molar refractivity (Wildman–Crippen MR) is 118 cm³/mol. The number of carbonyl (C=O) groups excluding carboxylic acids is 1. The molecule has 0 spiro atoms. The molecule has 1 aliphatic rings. The van der Waals surface area contributed by atoms with E-state index in [0.717, 1.165) is 15.4 Å². The van der Waals surface area contributed by atoms with E-state index in [1.54, 1.807) is 13.0 Å². The Hall–Kier alpha value is -2.51. The zero-order chi connectivity index (χ0) is 24.4. The van der Waals surface area contributed by atoms with Crippen molar-refractivity contribution < 1.29 is 36.2 Å². The summed E-state index contributed by atoms with van der Waals surface area (Å²) in [6.45, 7) is 3.24. The summed E-state index contributed by atoms with van der Waals surface area (Å²) in [5.74, 6) is -0.444. The number of ether oxygens (including phenoxy) is 2. The average Bonchev–Trinajstić information content (AvgIpc) is 3.15. The number of nitrogens with zero attached hydrogens (tertiary/aromatic N) is 1. The second-order valence-corrected chi connectivity index (χ2v) is 11.2. The van der Waals surface area contributed by atoms with Crippen molar-refractivity contribution in [1.29, 1.82) is 0 Å². The van der Waals surface area contributed by atoms with Gasteiger partial charge in [0, 0.05) is 13.0 Å². The van der Waals surface area contributed by atoms with Crippen molar-refractivity contribution >= 4 is 26.0 Å². The maximum absolute atomic E-state index is 13.1. The molecule has 1 saturated heterocycles. The highest BCUT2D eigenvalue weighted by molar-refractivity contribution is 7.89. The first-order valence-electron chi connectivity index (χ1n) is 10.1. The highest BCUT2D eigenvalue weighted by atomic mass is 32.2. The summed E-state index contributed by atoms with van der Waals surface area (Å²) in [7, 11) is -7.82. The van der Waals surface area contributed by atoms with Gasteiger partial charge < -0.3 is 14.6 Å². The van der Waals surface area contributed by atoms with Gasteiger partial charge >= 0.3 is 5.97 Å². The van der Waals surface area contributed by atoms with E-state index in [1.807, 2.05) is 6.92 Å². The Morgan fingerprint density at radius 1 is 1.03 bits per heavy atom. The number of benzene rings is 2. The van der Waals surface area contributed by atoms with Gasteiger partial charge in [-0.3, -0.25) is 4.79 Å². The summed E-state index contributed by atoms with van der Waals surface area (Å²) in [5, 5.41) is 15.1. The molecule has 2 atom stereocenters. The van der Waals surface area contributed by atoms with Crippen molar-refractivity contribution in [2.24, 2.45) is 5.14 Å². The van der Waals surface area contributed by atoms with Crippen LogP contribution in [0.15, 0.2) is 52.3 Å². The van der Waals surface area contributed by atoms with E-state index in [9.17, 15) is 26.7 Å². The van der Waals surface area contributed by atoms with Gasteiger partial charge in [-0.25, -0.2) is 22.0 Å². The van der Waals surface area contributed by atoms with E-state index < -0.39 is 38.2 Å². The van der Waals surface area contributed by atoms with E-state index >= 15 is 0 Å². The van der Waals surface area contributed by atoms with E-state index in [1.165, 1.54) is 36.4 Å². The maximum atomic E-state index is 13.1. The van der Waals surface area contributed by atoms with Crippen molar-refractivity contribution in [3.05, 3.63) is 53.6 Å². The second kappa shape index (κ2) is 9.77. The summed E-state index contributed by atoms with van der Waals surface area (Å²) in [5.41, 5.74) is 1.73. The van der Waals surface area contributed by atoms with Crippen LogP contribution in [0.5, 0.6) is 5.75 Å². The van der Waals surface area contributed by atoms with E-state index in [4.69, 9.17) is 14.6 Å². The summed E-state index contributed by atoms with van der Waals surface area (Å²) in [6, 6.07) is 8.93. The van der Waals surface area contributed by atoms with Gasteiger partial charge in [-0.05, 0) is 61.4 Å². The van der Waals surface area contributed by atoms with Crippen LogP contribution in [-0.4, -0.2) is 64.1 Å². The van der Waals surface area contributed by atoms with Crippen LogP contribution < -0.4 is 9.88 Å². The summed E-state index contributed by atoms with van der Waals surface area (Å²) >= 11 is 0. The lowest BCUT2D eigenvalue weighted by atomic mass is 10.1. The van der Waals surface area contributed by atoms with Gasteiger partial charge in [0.25, 0.3) is 0 Å². The smallest absolute Gasteiger partial charge is 0.324 e. The first-order valence-corrected chi connectivity index (χ1v) is 13.1. The van der Waals surface area contributed by atoms with Gasteiger partial charge in [-0.15, -0.1) is 0 Å². The van der Waals surface area contributed by atoms with Crippen molar-refractivity contribution in [2.75, 3.05) is 19.8 Å². The lowest BCUT2D eigenvalue weighted by Gasteiger charge is -2.23. The minimum atomic E-state index is -4.01. The lowest BCUT2D eigenvalue weighted by Crippen LogP contribution is -2.41. The standard InChI is InChI=1S/C21H26N2O8S2/c1-14-3-6-19(11-15(14)2)33(28,29)23-13-16(24)12-20(23)21(25)31-10-9-30-17-4-7-18(8-5-17)32(22,26)27/h3-8,11,16,20,24H,9-10,12-13H2,1-2H3,(H2,22,26,27)/t16?,20-/m0/s1. The minimum Gasteiger partial charge on any atom is -0.490 e. The number of aliphatic hydroxyl groups is 1. The van der Waals surface area contributed by atoms with Crippen LogP contribution in [0.4, 0.5) is 0 Å². The number of carbonyl (C=O) groups is 1. The predicted octanol–water partition coefficient (Wildman–Crippen LogP) is 0.697. The molecule has 3 rings (SSSR count). The molecule has 0 radical (unpaired) electrons. The number of primary sulfonamides is 1. The molecule has 12 heteroatoms. The van der Waals surface area contributed by atoms with Crippen molar-refractivity contribution in [1.82, 2.24) is 4.31 Å². The Morgan fingerprint density at radius 3 is 2.27 bits per heavy atom. The largest absolute Gasteiger partial charge is 0.490 e. The van der Waals surface area contributed by atoms with E-state index in [-0.39, 0.29) is 36.0 Å². The molecule has 0 saturated carbocycles. The molecule has 2 aromatic carbocycles. The van der Waals surface area contributed by atoms with Crippen LogP contribution in [0, 0.1) is 13.8 Å². The molecule has 3 N–H and O–H groups in total. The topological polar surface area (TPSA) is 153 Å². The van der Waals surface area contributed by atoms with Crippen LogP contribution in [-0.2, 0) is 29.6 Å². The first-order chi connectivity index (χ1) is 15.4. The second-order valence-electron chi connectivity index (χ2n) is 7.76. The molecule has 0 aliphatic carbocycles. The number of sulfonamides is 2. The van der Waals surface area contributed by atoms with Crippen LogP contribution in [0.1, 0.15) is 17.5 Å². The highest BCUT2D eigenvalue weighted by Gasteiger charge is 2.44. The molecule has 180 valence electrons. The lowest BCUT2D eigenvalue weighted by molar-refractivity contribution is -0.148. The monoisotopic (exact) mass is 498 g/mol. The van der Waals surface area contributed by atoms with Crippen molar-refractivity contribution in [3.8, 4) is 5.75 Å². The normalized spacial score (nSPS) is 19.4.